The lowest BCUT2D eigenvalue weighted by molar-refractivity contribution is -0.109. The van der Waals surface area contributed by atoms with Crippen molar-refractivity contribution in [3.8, 4) is 11.8 Å². The lowest BCUT2D eigenvalue weighted by Crippen LogP contribution is -2.19. The van der Waals surface area contributed by atoms with Crippen LogP contribution >= 0.6 is 11.8 Å². The smallest absolute Gasteiger partial charge is 0.185 e. The van der Waals surface area contributed by atoms with Gasteiger partial charge in [-0.25, -0.2) is 0 Å². The van der Waals surface area contributed by atoms with Crippen molar-refractivity contribution >= 4 is 16.9 Å². The van der Waals surface area contributed by atoms with Crippen LogP contribution in [0, 0.1) is 11.3 Å². The molecule has 0 radical (unpaired) electrons. The summed E-state index contributed by atoms with van der Waals surface area (Å²) in [7, 11) is 0. The SMILES string of the molecule is CC(=O)SCCC(O)C(O)c1ccc(C#N)c(O)c1. The van der Waals surface area contributed by atoms with Crippen molar-refractivity contribution in [2.75, 3.05) is 5.75 Å². The first-order valence-electron chi connectivity index (χ1n) is 5.68. The second-order valence-corrected chi connectivity index (χ2v) is 5.30. The molecule has 19 heavy (non-hydrogen) atoms. The van der Waals surface area contributed by atoms with Crippen molar-refractivity contribution in [2.45, 2.75) is 25.6 Å². The third-order valence-corrected chi connectivity index (χ3v) is 3.41. The van der Waals surface area contributed by atoms with Gasteiger partial charge in [0.15, 0.2) is 5.12 Å². The molecule has 0 bridgehead atoms. The lowest BCUT2D eigenvalue weighted by atomic mass is 10.0. The van der Waals surface area contributed by atoms with Crippen LogP contribution in [0.5, 0.6) is 5.75 Å². The third-order valence-electron chi connectivity index (χ3n) is 2.57. The summed E-state index contributed by atoms with van der Waals surface area (Å²) in [6, 6.07) is 5.91. The van der Waals surface area contributed by atoms with Gasteiger partial charge in [0.2, 0.25) is 0 Å². The molecule has 0 aromatic heterocycles. The maximum atomic E-state index is 10.7. The van der Waals surface area contributed by atoms with Gasteiger partial charge in [-0.3, -0.25) is 4.79 Å². The number of benzene rings is 1. The lowest BCUT2D eigenvalue weighted by Gasteiger charge is -2.18. The molecule has 0 amide bonds. The van der Waals surface area contributed by atoms with Crippen LogP contribution in [0.4, 0.5) is 0 Å². The maximum absolute atomic E-state index is 10.7. The second kappa shape index (κ2) is 7.14. The van der Waals surface area contributed by atoms with Crippen LogP contribution in [0.2, 0.25) is 0 Å². The fraction of sp³-hybridized carbons (Fsp3) is 0.385. The van der Waals surface area contributed by atoms with Gasteiger partial charge in [0.1, 0.15) is 17.9 Å². The summed E-state index contributed by atoms with van der Waals surface area (Å²) >= 11 is 1.08. The summed E-state index contributed by atoms with van der Waals surface area (Å²) in [5.74, 6) is 0.180. The summed E-state index contributed by atoms with van der Waals surface area (Å²) in [6.07, 6.45) is -1.93. The van der Waals surface area contributed by atoms with E-state index in [0.717, 1.165) is 11.8 Å². The van der Waals surface area contributed by atoms with E-state index in [1.807, 2.05) is 0 Å². The molecule has 0 aliphatic heterocycles. The highest BCUT2D eigenvalue weighted by Crippen LogP contribution is 2.25. The number of phenolic OH excluding ortho intramolecular Hbond substituents is 1. The number of nitriles is 1. The molecular weight excluding hydrogens is 266 g/mol. The number of aliphatic hydroxyl groups is 2. The molecule has 3 N–H and O–H groups in total. The Bertz CT molecular complexity index is 498. The van der Waals surface area contributed by atoms with E-state index in [1.54, 1.807) is 6.07 Å². The molecule has 1 rings (SSSR count). The normalized spacial score (nSPS) is 13.6. The Balaban J connectivity index is 2.66. The van der Waals surface area contributed by atoms with Crippen molar-refractivity contribution in [2.24, 2.45) is 0 Å². The van der Waals surface area contributed by atoms with E-state index in [-0.39, 0.29) is 22.8 Å². The average Bonchev–Trinajstić information content (AvgIpc) is 2.37. The standard InChI is InChI=1S/C13H15NO4S/c1-8(15)19-5-4-11(16)13(18)9-2-3-10(7-14)12(17)6-9/h2-3,6,11,13,16-18H,4-5H2,1H3. The van der Waals surface area contributed by atoms with Crippen LogP contribution < -0.4 is 0 Å². The number of rotatable bonds is 5. The first kappa shape index (κ1) is 15.5. The van der Waals surface area contributed by atoms with Crippen molar-refractivity contribution in [1.82, 2.24) is 0 Å². The predicted octanol–water partition coefficient (Wildman–Crippen LogP) is 1.33. The van der Waals surface area contributed by atoms with Gasteiger partial charge in [-0.2, -0.15) is 5.26 Å². The second-order valence-electron chi connectivity index (χ2n) is 4.03. The molecule has 0 aliphatic carbocycles. The van der Waals surface area contributed by atoms with E-state index in [4.69, 9.17) is 5.26 Å². The van der Waals surface area contributed by atoms with Gasteiger partial charge < -0.3 is 15.3 Å². The summed E-state index contributed by atoms with van der Waals surface area (Å²) in [4.78, 5) is 10.7. The Morgan fingerprint density at radius 2 is 2.16 bits per heavy atom. The number of hydrogen-bond donors (Lipinski definition) is 3. The first-order valence-corrected chi connectivity index (χ1v) is 6.66. The molecule has 0 aliphatic rings. The van der Waals surface area contributed by atoms with Gasteiger partial charge in [0, 0.05) is 12.7 Å². The van der Waals surface area contributed by atoms with Gasteiger partial charge in [-0.1, -0.05) is 17.8 Å². The van der Waals surface area contributed by atoms with Crippen LogP contribution in [0.3, 0.4) is 0 Å². The zero-order chi connectivity index (χ0) is 14.4. The van der Waals surface area contributed by atoms with Crippen molar-refractivity contribution in [3.63, 3.8) is 0 Å². The van der Waals surface area contributed by atoms with Crippen molar-refractivity contribution in [3.05, 3.63) is 29.3 Å². The minimum absolute atomic E-state index is 0.0438. The molecule has 0 heterocycles. The van der Waals surface area contributed by atoms with E-state index >= 15 is 0 Å². The van der Waals surface area contributed by atoms with Crippen LogP contribution in [-0.4, -0.2) is 32.3 Å². The fourth-order valence-electron chi connectivity index (χ4n) is 1.53. The zero-order valence-electron chi connectivity index (χ0n) is 10.4. The van der Waals surface area contributed by atoms with E-state index in [1.165, 1.54) is 25.1 Å². The molecule has 2 atom stereocenters. The quantitative estimate of drug-likeness (QED) is 0.752. The average molecular weight is 281 g/mol. The van der Waals surface area contributed by atoms with Gasteiger partial charge in [0.05, 0.1) is 11.7 Å². The Kier molecular flexibility index (Phi) is 5.83. The topological polar surface area (TPSA) is 102 Å². The van der Waals surface area contributed by atoms with Crippen LogP contribution in [0.1, 0.15) is 30.6 Å². The van der Waals surface area contributed by atoms with Gasteiger partial charge in [-0.15, -0.1) is 0 Å². The molecular formula is C13H15NO4S. The Hall–Kier alpha value is -1.55. The molecule has 1 aromatic carbocycles. The highest BCUT2D eigenvalue weighted by molar-refractivity contribution is 8.13. The highest BCUT2D eigenvalue weighted by Gasteiger charge is 2.19. The van der Waals surface area contributed by atoms with Gasteiger partial charge in [-0.05, 0) is 24.1 Å². The molecule has 0 fully saturated rings. The molecule has 5 nitrogen and oxygen atoms in total. The largest absolute Gasteiger partial charge is 0.507 e. The molecule has 0 saturated heterocycles. The predicted molar refractivity (Wildman–Crippen MR) is 71.5 cm³/mol. The number of hydrogen-bond acceptors (Lipinski definition) is 6. The van der Waals surface area contributed by atoms with Gasteiger partial charge >= 0.3 is 0 Å². The number of carbonyl (C=O) groups is 1. The number of carbonyl (C=O) groups excluding carboxylic acids is 1. The van der Waals surface area contributed by atoms with Crippen LogP contribution in [-0.2, 0) is 4.79 Å². The number of nitrogens with zero attached hydrogens (tertiary/aromatic N) is 1. The summed E-state index contributed by atoms with van der Waals surface area (Å²) in [6.45, 7) is 1.44. The third kappa shape index (κ3) is 4.56. The highest BCUT2D eigenvalue weighted by atomic mass is 32.2. The molecule has 0 spiro atoms. The Labute approximate surface area is 115 Å². The first-order chi connectivity index (χ1) is 8.95. The van der Waals surface area contributed by atoms with Crippen LogP contribution in [0.15, 0.2) is 18.2 Å². The summed E-state index contributed by atoms with van der Waals surface area (Å²) < 4.78 is 0. The molecule has 1 aromatic rings. The van der Waals surface area contributed by atoms with E-state index in [2.05, 4.69) is 0 Å². The summed E-state index contributed by atoms with van der Waals surface area (Å²) in [5.41, 5.74) is 0.439. The van der Waals surface area contributed by atoms with Crippen LogP contribution in [0.25, 0.3) is 0 Å². The maximum Gasteiger partial charge on any atom is 0.185 e. The number of thioether (sulfide) groups is 1. The Morgan fingerprint density at radius 3 is 2.68 bits per heavy atom. The monoisotopic (exact) mass is 281 g/mol. The van der Waals surface area contributed by atoms with E-state index < -0.39 is 12.2 Å². The number of phenols is 1. The number of aromatic hydroxyl groups is 1. The van der Waals surface area contributed by atoms with E-state index in [9.17, 15) is 20.1 Å². The minimum Gasteiger partial charge on any atom is -0.507 e. The molecule has 2 unspecified atom stereocenters. The van der Waals surface area contributed by atoms with Crippen molar-refractivity contribution < 1.29 is 20.1 Å². The molecule has 6 heteroatoms. The zero-order valence-corrected chi connectivity index (χ0v) is 11.2. The van der Waals surface area contributed by atoms with Gasteiger partial charge in [0.25, 0.3) is 0 Å². The molecule has 102 valence electrons. The van der Waals surface area contributed by atoms with E-state index in [0.29, 0.717) is 11.3 Å². The molecule has 0 saturated carbocycles. The number of aliphatic hydroxyl groups excluding tert-OH is 2. The fourth-order valence-corrected chi connectivity index (χ4v) is 2.18. The Morgan fingerprint density at radius 1 is 1.47 bits per heavy atom. The van der Waals surface area contributed by atoms with Crippen molar-refractivity contribution in [1.29, 1.82) is 5.26 Å². The summed E-state index contributed by atoms with van der Waals surface area (Å²) in [5, 5.41) is 37.8. The minimum atomic E-state index is -1.16.